The number of benzene rings is 3. The summed E-state index contributed by atoms with van der Waals surface area (Å²) in [4.78, 5) is 72.2. The zero-order valence-electron chi connectivity index (χ0n) is 34.0. The maximum Gasteiger partial charge on any atom is 0.407 e. The second kappa shape index (κ2) is 17.1. The van der Waals surface area contributed by atoms with E-state index in [1.54, 1.807) is 18.0 Å². The highest BCUT2D eigenvalue weighted by Gasteiger charge is 2.41. The van der Waals surface area contributed by atoms with Crippen molar-refractivity contribution in [2.75, 3.05) is 34.4 Å². The molecule has 5 unspecified atom stereocenters. The van der Waals surface area contributed by atoms with E-state index in [1.807, 2.05) is 11.0 Å². The van der Waals surface area contributed by atoms with Gasteiger partial charge in [-0.25, -0.2) is 19.6 Å². The van der Waals surface area contributed by atoms with Crippen LogP contribution < -0.4 is 10.6 Å². The molecule has 4 heterocycles. The van der Waals surface area contributed by atoms with Gasteiger partial charge in [0.25, 0.3) is 0 Å². The molecule has 3 aliphatic rings. The third kappa shape index (κ3) is 8.07. The number of H-pyrrole nitrogens is 2. The third-order valence-electron chi connectivity index (χ3n) is 12.4. The number of likely N-dealkylation sites (tertiary alicyclic amines) is 2. The highest BCUT2D eigenvalue weighted by molar-refractivity contribution is 5.92. The Morgan fingerprint density at radius 3 is 2.02 bits per heavy atom. The van der Waals surface area contributed by atoms with Crippen LogP contribution in [-0.4, -0.2) is 106 Å². The first-order valence-corrected chi connectivity index (χ1v) is 20.6. The summed E-state index contributed by atoms with van der Waals surface area (Å²) in [5.74, 6) is 1.24. The molecule has 5 atom stereocenters. The first kappa shape index (κ1) is 39.8. The molecular formula is C44H52N8O7. The van der Waals surface area contributed by atoms with E-state index in [0.29, 0.717) is 18.9 Å². The molecule has 15 heteroatoms. The standard InChI is InChI=1S/C44H52N8O7/c1-25(57-2)37(49-43(55)58-3)41(53)51-19-7-11-35(51)39-45-24-34(48-39)31-16-15-27-21-28(13-14-29(27)22-31)30-17-18-32-33(23-30)47-40(46-32)36-12-8-20-52(36)42(54)38(50-44(56)59-4)26-9-5-6-10-26/h13-18,21-26,35-38H,5-12,19-20H2,1-4H3,(H,45,48)(H,46,47)(H,49,55)(H,50,56). The molecule has 2 aliphatic heterocycles. The lowest BCUT2D eigenvalue weighted by molar-refractivity contribution is -0.137. The number of carbonyl (C=O) groups is 4. The van der Waals surface area contributed by atoms with Crippen LogP contribution in [0.25, 0.3) is 44.2 Å². The highest BCUT2D eigenvalue weighted by Crippen LogP contribution is 2.37. The molecule has 8 rings (SSSR count). The molecule has 2 saturated heterocycles. The smallest absolute Gasteiger partial charge is 0.407 e. The average Bonchev–Trinajstić information content (AvgIpc) is 4.12. The number of fused-ring (bicyclic) bond motifs is 2. The summed E-state index contributed by atoms with van der Waals surface area (Å²) >= 11 is 0. The van der Waals surface area contributed by atoms with E-state index >= 15 is 0 Å². The maximum absolute atomic E-state index is 14.0. The molecule has 0 bridgehead atoms. The molecule has 3 aromatic carbocycles. The molecule has 0 radical (unpaired) electrons. The second-order valence-electron chi connectivity index (χ2n) is 15.9. The molecule has 15 nitrogen and oxygen atoms in total. The Bertz CT molecular complexity index is 2350. The zero-order chi connectivity index (χ0) is 41.2. The normalized spacial score (nSPS) is 19.9. The Labute approximate surface area is 342 Å². The average molecular weight is 805 g/mol. The molecule has 4 N–H and O–H groups in total. The van der Waals surface area contributed by atoms with Gasteiger partial charge in [0.2, 0.25) is 11.8 Å². The Morgan fingerprint density at radius 1 is 0.712 bits per heavy atom. The maximum atomic E-state index is 14.0. The topological polar surface area (TPSA) is 184 Å². The molecular weight excluding hydrogens is 753 g/mol. The van der Waals surface area contributed by atoms with Crippen molar-refractivity contribution in [2.45, 2.75) is 88.6 Å². The van der Waals surface area contributed by atoms with E-state index < -0.39 is 30.4 Å². The number of hydrogen-bond acceptors (Lipinski definition) is 9. The summed E-state index contributed by atoms with van der Waals surface area (Å²) in [6.07, 6.45) is 7.12. The number of imidazole rings is 2. The number of aromatic amines is 2. The van der Waals surface area contributed by atoms with E-state index in [0.717, 1.165) is 101 Å². The molecule has 1 saturated carbocycles. The van der Waals surface area contributed by atoms with Crippen LogP contribution in [0.4, 0.5) is 9.59 Å². The molecule has 310 valence electrons. The number of aromatic nitrogens is 4. The van der Waals surface area contributed by atoms with Crippen molar-refractivity contribution in [3.63, 3.8) is 0 Å². The fourth-order valence-corrected chi connectivity index (χ4v) is 9.16. The van der Waals surface area contributed by atoms with Crippen LogP contribution >= 0.6 is 0 Å². The van der Waals surface area contributed by atoms with E-state index in [2.05, 4.69) is 69.1 Å². The Balaban J connectivity index is 0.979. The molecule has 3 fully saturated rings. The van der Waals surface area contributed by atoms with Gasteiger partial charge in [0.05, 0.1) is 55.3 Å². The number of methoxy groups -OCH3 is 3. The van der Waals surface area contributed by atoms with E-state index in [9.17, 15) is 19.2 Å². The predicted molar refractivity (Wildman–Crippen MR) is 221 cm³/mol. The number of amides is 4. The van der Waals surface area contributed by atoms with E-state index in [4.69, 9.17) is 24.2 Å². The minimum absolute atomic E-state index is 0.0665. The van der Waals surface area contributed by atoms with Gasteiger partial charge in [-0.05, 0) is 97.5 Å². The van der Waals surface area contributed by atoms with Gasteiger partial charge in [-0.3, -0.25) is 9.59 Å². The molecule has 1 aliphatic carbocycles. The molecule has 4 amide bonds. The van der Waals surface area contributed by atoms with Crippen LogP contribution in [0.1, 0.15) is 82.0 Å². The third-order valence-corrected chi connectivity index (χ3v) is 12.4. The van der Waals surface area contributed by atoms with Gasteiger partial charge in [0.15, 0.2) is 0 Å². The summed E-state index contributed by atoms with van der Waals surface area (Å²) in [6, 6.07) is 16.9. The second-order valence-corrected chi connectivity index (χ2v) is 15.9. The number of carbonyl (C=O) groups excluding carboxylic acids is 4. The fourth-order valence-electron chi connectivity index (χ4n) is 9.16. The van der Waals surface area contributed by atoms with E-state index in [-0.39, 0.29) is 29.8 Å². The highest BCUT2D eigenvalue weighted by atomic mass is 16.5. The summed E-state index contributed by atoms with van der Waals surface area (Å²) in [7, 11) is 4.09. The minimum atomic E-state index is -0.898. The largest absolute Gasteiger partial charge is 0.453 e. The number of rotatable bonds is 11. The Hall–Kier alpha value is -5.96. The predicted octanol–water partition coefficient (Wildman–Crippen LogP) is 6.77. The number of alkyl carbamates (subject to hydrolysis) is 2. The summed E-state index contributed by atoms with van der Waals surface area (Å²) in [5.41, 5.74) is 5.65. The van der Waals surface area contributed by atoms with Gasteiger partial charge in [-0.2, -0.15) is 0 Å². The summed E-state index contributed by atoms with van der Waals surface area (Å²) in [5, 5.41) is 7.63. The van der Waals surface area contributed by atoms with Crippen molar-refractivity contribution in [1.82, 2.24) is 40.4 Å². The lowest BCUT2D eigenvalue weighted by Gasteiger charge is -2.31. The molecule has 0 spiro atoms. The fraction of sp³-hybridized carbons (Fsp3) is 0.455. The van der Waals surface area contributed by atoms with Gasteiger partial charge >= 0.3 is 12.2 Å². The van der Waals surface area contributed by atoms with Gasteiger partial charge in [0, 0.05) is 25.8 Å². The first-order valence-electron chi connectivity index (χ1n) is 20.6. The lowest BCUT2D eigenvalue weighted by Crippen LogP contribution is -2.54. The number of nitrogens with one attached hydrogen (secondary N) is 4. The van der Waals surface area contributed by atoms with Gasteiger partial charge in [-0.15, -0.1) is 0 Å². The van der Waals surface area contributed by atoms with Crippen molar-refractivity contribution in [3.8, 4) is 22.4 Å². The van der Waals surface area contributed by atoms with Crippen LogP contribution in [0.5, 0.6) is 0 Å². The van der Waals surface area contributed by atoms with Gasteiger partial charge in [-0.1, -0.05) is 43.2 Å². The number of ether oxygens (including phenoxy) is 3. The van der Waals surface area contributed by atoms with Gasteiger partial charge < -0.3 is 44.6 Å². The number of hydrogen-bond donors (Lipinski definition) is 4. The summed E-state index contributed by atoms with van der Waals surface area (Å²) in [6.45, 7) is 2.90. The van der Waals surface area contributed by atoms with Crippen LogP contribution in [-0.2, 0) is 23.8 Å². The monoisotopic (exact) mass is 804 g/mol. The van der Waals surface area contributed by atoms with Crippen molar-refractivity contribution in [2.24, 2.45) is 5.92 Å². The first-order chi connectivity index (χ1) is 28.6. The molecule has 5 aromatic rings. The van der Waals surface area contributed by atoms with Crippen molar-refractivity contribution < 1.29 is 33.4 Å². The Morgan fingerprint density at radius 2 is 1.32 bits per heavy atom. The molecule has 2 aromatic heterocycles. The van der Waals surface area contributed by atoms with Crippen molar-refractivity contribution in [1.29, 1.82) is 0 Å². The van der Waals surface area contributed by atoms with Crippen LogP contribution in [0, 0.1) is 5.92 Å². The van der Waals surface area contributed by atoms with Crippen LogP contribution in [0.15, 0.2) is 60.8 Å². The SMILES string of the molecule is COC(=O)NC(C(=O)N1CCCC1c1nc2ccc(-c3ccc4cc(-c5cnc(C6CCCN6C(=O)C(NC(=O)OC)C(C)OC)[nH]5)ccc4c3)cc2[nH]1)C1CCCC1. The quantitative estimate of drug-likeness (QED) is 0.112. The minimum Gasteiger partial charge on any atom is -0.453 e. The Kier molecular flexibility index (Phi) is 11.5. The lowest BCUT2D eigenvalue weighted by atomic mass is 9.96. The van der Waals surface area contributed by atoms with Gasteiger partial charge in [0.1, 0.15) is 23.7 Å². The zero-order valence-corrected chi connectivity index (χ0v) is 34.0. The van der Waals surface area contributed by atoms with Crippen molar-refractivity contribution in [3.05, 3.63) is 72.4 Å². The van der Waals surface area contributed by atoms with Crippen LogP contribution in [0.3, 0.4) is 0 Å². The summed E-state index contributed by atoms with van der Waals surface area (Å²) < 4.78 is 15.1. The van der Waals surface area contributed by atoms with Crippen LogP contribution in [0.2, 0.25) is 0 Å². The number of nitrogens with zero attached hydrogens (tertiary/aromatic N) is 4. The molecule has 59 heavy (non-hydrogen) atoms. The van der Waals surface area contributed by atoms with Crippen molar-refractivity contribution >= 4 is 45.8 Å². The van der Waals surface area contributed by atoms with E-state index in [1.165, 1.54) is 21.3 Å².